The second-order valence-corrected chi connectivity index (χ2v) is 9.02. The fourth-order valence-electron chi connectivity index (χ4n) is 3.45. The first kappa shape index (κ1) is 19.8. The van der Waals surface area contributed by atoms with Crippen molar-refractivity contribution >= 4 is 35.3 Å². The lowest BCUT2D eigenvalue weighted by Crippen LogP contribution is -2.38. The molecule has 0 saturated carbocycles. The number of aryl methyl sites for hydroxylation is 1. The Labute approximate surface area is 189 Å². The summed E-state index contributed by atoms with van der Waals surface area (Å²) < 4.78 is 2.14. The van der Waals surface area contributed by atoms with Gasteiger partial charge in [0.1, 0.15) is 11.4 Å². The lowest BCUT2D eigenvalue weighted by atomic mass is 10.2. The molecule has 0 spiro atoms. The number of thioether (sulfide) groups is 1. The summed E-state index contributed by atoms with van der Waals surface area (Å²) >= 11 is 3.23. The van der Waals surface area contributed by atoms with E-state index in [2.05, 4.69) is 81.9 Å². The van der Waals surface area contributed by atoms with Gasteiger partial charge < -0.3 is 4.90 Å². The summed E-state index contributed by atoms with van der Waals surface area (Å²) in [5.74, 6) is 0. The van der Waals surface area contributed by atoms with Crippen LogP contribution in [0.25, 0.3) is 11.8 Å². The van der Waals surface area contributed by atoms with Crippen molar-refractivity contribution in [1.29, 1.82) is 0 Å². The van der Waals surface area contributed by atoms with Gasteiger partial charge in [-0.3, -0.25) is 0 Å². The third-order valence-corrected chi connectivity index (χ3v) is 6.92. The predicted molar refractivity (Wildman–Crippen MR) is 125 cm³/mol. The molecule has 0 saturated heterocycles. The van der Waals surface area contributed by atoms with Crippen LogP contribution in [0, 0.1) is 6.92 Å². The van der Waals surface area contributed by atoms with Crippen LogP contribution in [0.5, 0.6) is 0 Å². The molecule has 0 amide bonds. The zero-order valence-corrected chi connectivity index (χ0v) is 18.8. The topological polar surface area (TPSA) is 45.8 Å². The van der Waals surface area contributed by atoms with E-state index in [1.165, 1.54) is 22.3 Å². The van der Waals surface area contributed by atoms with Crippen molar-refractivity contribution < 1.29 is 4.57 Å². The normalized spacial score (nSPS) is 14.1. The Morgan fingerprint density at radius 1 is 0.968 bits per heavy atom. The highest BCUT2D eigenvalue weighted by molar-refractivity contribution is 8.03. The van der Waals surface area contributed by atoms with E-state index in [0.29, 0.717) is 5.16 Å². The molecular weight excluding hydrogens is 422 g/mol. The maximum absolute atomic E-state index is 5.00. The van der Waals surface area contributed by atoms with Gasteiger partial charge in [-0.25, -0.2) is 9.97 Å². The van der Waals surface area contributed by atoms with E-state index in [-0.39, 0.29) is 0 Å². The summed E-state index contributed by atoms with van der Waals surface area (Å²) in [7, 11) is 2.10. The zero-order valence-electron chi connectivity index (χ0n) is 17.1. The molecule has 0 radical (unpaired) electrons. The number of para-hydroxylation sites is 2. The van der Waals surface area contributed by atoms with Crippen LogP contribution in [-0.2, 0) is 0 Å². The highest BCUT2D eigenvalue weighted by Crippen LogP contribution is 2.45. The number of aromatic nitrogens is 4. The summed E-state index contributed by atoms with van der Waals surface area (Å²) in [5, 5.41) is 2.65. The molecule has 5 rings (SSSR count). The average molecular weight is 443 g/mol. The second-order valence-electron chi connectivity index (χ2n) is 7.02. The highest BCUT2D eigenvalue weighted by Gasteiger charge is 2.25. The summed E-state index contributed by atoms with van der Waals surface area (Å²) in [6.45, 7) is 2.10. The molecule has 2 aromatic heterocycles. The minimum Gasteiger partial charge on any atom is -0.338 e. The van der Waals surface area contributed by atoms with Gasteiger partial charge in [0.15, 0.2) is 10.9 Å². The van der Waals surface area contributed by atoms with Gasteiger partial charge in [-0.1, -0.05) is 42.1 Å². The van der Waals surface area contributed by atoms with Crippen LogP contribution in [0.1, 0.15) is 11.4 Å². The molecule has 0 bridgehead atoms. The maximum atomic E-state index is 5.00. The maximum Gasteiger partial charge on any atom is 0.373 e. The number of fused-ring (bicyclic) bond motifs is 1. The standard InChI is InChI=1S/C24H20N5S2/c1-17-15-18(16-22-28(2)20-11-6-7-12-21(20)30-22)27-24(31-23-25-13-8-14-26-23)29(17)19-9-4-3-5-10-19/h3-16H,1-2H3/q+1. The average Bonchev–Trinajstić information content (AvgIpc) is 3.10. The molecule has 0 N–H and O–H groups in total. The largest absolute Gasteiger partial charge is 0.373 e. The Bertz CT molecular complexity index is 1260. The van der Waals surface area contributed by atoms with Gasteiger partial charge in [-0.15, -0.1) is 0 Å². The molecule has 2 aromatic carbocycles. The number of hydrogen-bond donors (Lipinski definition) is 0. The fourth-order valence-corrected chi connectivity index (χ4v) is 5.43. The number of benzene rings is 2. The molecule has 4 aromatic rings. The van der Waals surface area contributed by atoms with E-state index in [0.717, 1.165) is 27.3 Å². The van der Waals surface area contributed by atoms with Crippen molar-refractivity contribution in [3.05, 3.63) is 95.5 Å². The van der Waals surface area contributed by atoms with E-state index >= 15 is 0 Å². The number of rotatable bonds is 4. The quantitative estimate of drug-likeness (QED) is 0.322. The molecule has 3 heterocycles. The van der Waals surface area contributed by atoms with E-state index in [1.807, 2.05) is 24.3 Å². The first-order valence-electron chi connectivity index (χ1n) is 9.85. The third kappa shape index (κ3) is 4.06. The summed E-state index contributed by atoms with van der Waals surface area (Å²) in [4.78, 5) is 17.2. The van der Waals surface area contributed by atoms with Crippen LogP contribution in [0.2, 0.25) is 0 Å². The van der Waals surface area contributed by atoms with E-state index < -0.39 is 0 Å². The number of hydrogen-bond acceptors (Lipinski definition) is 6. The molecule has 1 aliphatic rings. The van der Waals surface area contributed by atoms with Crippen LogP contribution in [-0.4, -0.2) is 22.0 Å². The van der Waals surface area contributed by atoms with E-state index in [4.69, 9.17) is 4.98 Å². The Balaban J connectivity index is 1.59. The van der Waals surface area contributed by atoms with Crippen molar-refractivity contribution in [3.63, 3.8) is 0 Å². The Morgan fingerprint density at radius 3 is 2.48 bits per heavy atom. The number of nitrogens with zero attached hydrogens (tertiary/aromatic N) is 5. The molecule has 7 heteroatoms. The van der Waals surface area contributed by atoms with Crippen LogP contribution in [0.15, 0.2) is 99.4 Å². The SMILES string of the molecule is Cc1cc(/C=C2\Sc3ccccc3N2C)nc(Sc2ncccn2)[n+]1-c1ccccc1. The first-order valence-corrected chi connectivity index (χ1v) is 11.5. The summed E-state index contributed by atoms with van der Waals surface area (Å²) in [5.41, 5.74) is 4.28. The van der Waals surface area contributed by atoms with Gasteiger partial charge in [0.05, 0.1) is 10.7 Å². The molecule has 152 valence electrons. The van der Waals surface area contributed by atoms with Gasteiger partial charge in [0, 0.05) is 48.2 Å². The molecule has 5 nitrogen and oxygen atoms in total. The molecule has 1 aliphatic heterocycles. The minimum atomic E-state index is 0.670. The van der Waals surface area contributed by atoms with Crippen molar-refractivity contribution in [3.8, 4) is 5.69 Å². The number of anilines is 1. The second kappa shape index (κ2) is 8.53. The van der Waals surface area contributed by atoms with Crippen molar-refractivity contribution in [2.24, 2.45) is 0 Å². The highest BCUT2D eigenvalue weighted by atomic mass is 32.2. The first-order chi connectivity index (χ1) is 15.2. The van der Waals surface area contributed by atoms with Crippen molar-refractivity contribution in [1.82, 2.24) is 15.0 Å². The minimum absolute atomic E-state index is 0.670. The zero-order chi connectivity index (χ0) is 21.2. The van der Waals surface area contributed by atoms with Gasteiger partial charge >= 0.3 is 5.16 Å². The molecule has 0 aliphatic carbocycles. The summed E-state index contributed by atoms with van der Waals surface area (Å²) in [6, 6.07) is 22.6. The Hall–Kier alpha value is -3.16. The monoisotopic (exact) mass is 442 g/mol. The van der Waals surface area contributed by atoms with E-state index in [9.17, 15) is 0 Å². The molecule has 0 fully saturated rings. The van der Waals surface area contributed by atoms with Crippen LogP contribution in [0.3, 0.4) is 0 Å². The van der Waals surface area contributed by atoms with Gasteiger partial charge in [0.2, 0.25) is 0 Å². The Kier molecular flexibility index (Phi) is 5.44. The molecule has 0 unspecified atom stereocenters. The van der Waals surface area contributed by atoms with Gasteiger partial charge in [-0.05, 0) is 42.2 Å². The van der Waals surface area contributed by atoms with Crippen LogP contribution < -0.4 is 9.47 Å². The molecule has 31 heavy (non-hydrogen) atoms. The summed E-state index contributed by atoms with van der Waals surface area (Å²) in [6.07, 6.45) is 5.65. The van der Waals surface area contributed by atoms with Gasteiger partial charge in [-0.2, -0.15) is 4.57 Å². The van der Waals surface area contributed by atoms with Crippen LogP contribution in [0.4, 0.5) is 5.69 Å². The fraction of sp³-hybridized carbons (Fsp3) is 0.0833. The molecular formula is C24H20N5S2+. The Morgan fingerprint density at radius 2 is 1.71 bits per heavy atom. The smallest absolute Gasteiger partial charge is 0.338 e. The lowest BCUT2D eigenvalue weighted by molar-refractivity contribution is -0.647. The van der Waals surface area contributed by atoms with Crippen molar-refractivity contribution in [2.75, 3.05) is 11.9 Å². The van der Waals surface area contributed by atoms with E-state index in [1.54, 1.807) is 24.2 Å². The van der Waals surface area contributed by atoms with Crippen LogP contribution >= 0.6 is 23.5 Å². The van der Waals surface area contributed by atoms with Crippen molar-refractivity contribution in [2.45, 2.75) is 22.1 Å². The lowest BCUT2D eigenvalue weighted by Gasteiger charge is -2.13. The molecule has 0 atom stereocenters. The van der Waals surface area contributed by atoms with Gasteiger partial charge in [0.25, 0.3) is 0 Å². The third-order valence-electron chi connectivity index (χ3n) is 4.91. The predicted octanol–water partition coefficient (Wildman–Crippen LogP) is 5.15.